The Morgan fingerprint density at radius 1 is 1.17 bits per heavy atom. The minimum Gasteiger partial charge on any atom is -0.460 e. The zero-order chi connectivity index (χ0) is 23.3. The van der Waals surface area contributed by atoms with Crippen molar-refractivity contribution in [2.24, 2.45) is 0 Å². The topological polar surface area (TPSA) is 146 Å². The average Bonchev–Trinajstić information content (AvgIpc) is 2.52. The fourth-order valence-corrected chi connectivity index (χ4v) is 2.45. The lowest BCUT2D eigenvalue weighted by Crippen LogP contribution is -2.46. The summed E-state index contributed by atoms with van der Waals surface area (Å²) in [5.74, 6) is -0.597. The van der Waals surface area contributed by atoms with Crippen molar-refractivity contribution >= 4 is 46.3 Å². The summed E-state index contributed by atoms with van der Waals surface area (Å²) in [5.41, 5.74) is 4.55. The Bertz CT molecular complexity index is 799. The van der Waals surface area contributed by atoms with Crippen LogP contribution in [0.2, 0.25) is 0 Å². The number of esters is 1. The van der Waals surface area contributed by atoms with Gasteiger partial charge in [-0.05, 0) is 47.6 Å². The quantitative estimate of drug-likeness (QED) is 0.199. The number of rotatable bonds is 6. The van der Waals surface area contributed by atoms with Crippen LogP contribution in [0, 0.1) is 10.1 Å². The second-order valence-electron chi connectivity index (χ2n) is 8.51. The molecule has 1 aromatic carbocycles. The number of benzene rings is 1. The number of ether oxygens (including phenoxy) is 2. The Balaban J connectivity index is 3.06. The fourth-order valence-electron chi connectivity index (χ4n) is 2.19. The van der Waals surface area contributed by atoms with Crippen LogP contribution in [0.25, 0.3) is 0 Å². The second-order valence-corrected chi connectivity index (χ2v) is 8.95. The molecule has 0 aliphatic heterocycles. The van der Waals surface area contributed by atoms with Gasteiger partial charge in [0.2, 0.25) is 0 Å². The lowest BCUT2D eigenvalue weighted by Gasteiger charge is -2.26. The number of amides is 1. The predicted molar refractivity (Wildman–Crippen MR) is 117 cm³/mol. The fraction of sp³-hybridized carbons (Fsp3) is 0.526. The maximum Gasteiger partial charge on any atom is 0.408 e. The van der Waals surface area contributed by atoms with Crippen LogP contribution in [0.4, 0.5) is 21.9 Å². The summed E-state index contributed by atoms with van der Waals surface area (Å²) in [6, 6.07) is 2.82. The summed E-state index contributed by atoms with van der Waals surface area (Å²) in [4.78, 5) is 34.9. The first-order valence-electron chi connectivity index (χ1n) is 9.13. The van der Waals surface area contributed by atoms with E-state index in [0.29, 0.717) is 0 Å². The van der Waals surface area contributed by atoms with Crippen LogP contribution in [0.1, 0.15) is 48.0 Å². The Morgan fingerprint density at radius 2 is 1.73 bits per heavy atom. The molecule has 30 heavy (non-hydrogen) atoms. The molecule has 0 saturated carbocycles. The van der Waals surface area contributed by atoms with Crippen LogP contribution in [0.15, 0.2) is 18.2 Å². The van der Waals surface area contributed by atoms with Crippen molar-refractivity contribution in [2.45, 2.75) is 65.2 Å². The molecule has 4 N–H and O–H groups in total. The highest BCUT2D eigenvalue weighted by Crippen LogP contribution is 2.25. The van der Waals surface area contributed by atoms with Crippen molar-refractivity contribution in [1.82, 2.24) is 5.32 Å². The van der Waals surface area contributed by atoms with Gasteiger partial charge in [-0.2, -0.15) is 0 Å². The van der Waals surface area contributed by atoms with E-state index in [0.717, 1.165) is 0 Å². The van der Waals surface area contributed by atoms with Gasteiger partial charge in [0, 0.05) is 12.1 Å². The van der Waals surface area contributed by atoms with Crippen molar-refractivity contribution in [3.05, 3.63) is 28.3 Å². The predicted octanol–water partition coefficient (Wildman–Crippen LogP) is 3.54. The van der Waals surface area contributed by atoms with Crippen molar-refractivity contribution in [2.75, 3.05) is 11.1 Å². The number of carbonyl (C=O) groups is 2. The van der Waals surface area contributed by atoms with Gasteiger partial charge < -0.3 is 25.8 Å². The normalized spacial score (nSPS) is 12.5. The maximum absolute atomic E-state index is 12.3. The zero-order valence-corrected chi connectivity index (χ0v) is 18.7. The van der Waals surface area contributed by atoms with Gasteiger partial charge in [-0.25, -0.2) is 4.79 Å². The van der Waals surface area contributed by atoms with Gasteiger partial charge in [-0.15, -0.1) is 0 Å². The monoisotopic (exact) mass is 440 g/mol. The van der Waals surface area contributed by atoms with Gasteiger partial charge in [0.1, 0.15) is 16.2 Å². The Morgan fingerprint density at radius 3 is 2.23 bits per heavy atom. The van der Waals surface area contributed by atoms with E-state index in [1.165, 1.54) is 18.2 Å². The molecule has 0 heterocycles. The molecule has 0 aromatic heterocycles. The number of hydrogen-bond donors (Lipinski definition) is 3. The molecular weight excluding hydrogens is 412 g/mol. The summed E-state index contributed by atoms with van der Waals surface area (Å²) in [5, 5.41) is 16.3. The Labute approximate surface area is 180 Å². The minimum atomic E-state index is -0.997. The van der Waals surface area contributed by atoms with Crippen LogP contribution in [0.3, 0.4) is 0 Å². The molecule has 1 atom stereocenters. The van der Waals surface area contributed by atoms with Gasteiger partial charge >= 0.3 is 12.1 Å². The summed E-state index contributed by atoms with van der Waals surface area (Å²) in [6.45, 7) is 10.2. The first-order valence-corrected chi connectivity index (χ1v) is 9.54. The Kier molecular flexibility index (Phi) is 8.11. The van der Waals surface area contributed by atoms with Crippen molar-refractivity contribution in [3.8, 4) is 0 Å². The van der Waals surface area contributed by atoms with Gasteiger partial charge in [-0.3, -0.25) is 14.9 Å². The molecule has 11 heteroatoms. The lowest BCUT2D eigenvalue weighted by molar-refractivity contribution is -0.384. The van der Waals surface area contributed by atoms with Crippen LogP contribution >= 0.6 is 12.2 Å². The van der Waals surface area contributed by atoms with E-state index < -0.39 is 34.2 Å². The van der Waals surface area contributed by atoms with Crippen molar-refractivity contribution in [1.29, 1.82) is 0 Å². The highest BCUT2D eigenvalue weighted by atomic mass is 32.1. The molecule has 166 valence electrons. The number of carbonyl (C=O) groups excluding carboxylic acids is 2. The van der Waals surface area contributed by atoms with E-state index in [2.05, 4.69) is 10.6 Å². The number of nitrogens with one attached hydrogen (secondary N) is 2. The van der Waals surface area contributed by atoms with Crippen molar-refractivity contribution in [3.63, 3.8) is 0 Å². The zero-order valence-electron chi connectivity index (χ0n) is 17.9. The van der Waals surface area contributed by atoms with Crippen LogP contribution < -0.4 is 16.4 Å². The number of nitrogens with two attached hydrogens (primary N) is 1. The molecular formula is C19H28N4O6S. The second kappa shape index (κ2) is 9.70. The molecule has 1 amide bonds. The number of non-ortho nitro benzene ring substituents is 1. The van der Waals surface area contributed by atoms with E-state index in [1.807, 2.05) is 0 Å². The van der Waals surface area contributed by atoms with Gasteiger partial charge in [-0.1, -0.05) is 12.2 Å². The van der Waals surface area contributed by atoms with Crippen LogP contribution in [0.5, 0.6) is 0 Å². The standard InChI is InChI=1S/C19H28N4O6S/c1-18(2,3)28-15(24)10-14(22-17(25)29-19(4,5)6)16(30)21-13-9-11(23(26)27)7-8-12(13)20/h7-9,14H,10,20H2,1-6H3,(H,21,30)(H,22,25)/t14-/m0/s1. The molecule has 1 rings (SSSR count). The van der Waals surface area contributed by atoms with E-state index in [9.17, 15) is 19.7 Å². The third-order valence-electron chi connectivity index (χ3n) is 3.30. The van der Waals surface area contributed by atoms with Gasteiger partial charge in [0.25, 0.3) is 5.69 Å². The summed E-state index contributed by atoms with van der Waals surface area (Å²) in [7, 11) is 0. The molecule has 0 aliphatic rings. The van der Waals surface area contributed by atoms with Crippen molar-refractivity contribution < 1.29 is 24.0 Å². The minimum absolute atomic E-state index is 0.0129. The molecule has 0 bridgehead atoms. The number of nitro groups is 1. The molecule has 0 fully saturated rings. The van der Waals surface area contributed by atoms with Crippen LogP contribution in [-0.2, 0) is 14.3 Å². The largest absolute Gasteiger partial charge is 0.460 e. The highest BCUT2D eigenvalue weighted by Gasteiger charge is 2.27. The highest BCUT2D eigenvalue weighted by molar-refractivity contribution is 7.80. The van der Waals surface area contributed by atoms with E-state index in [-0.39, 0.29) is 28.5 Å². The average molecular weight is 441 g/mol. The Hall–Kier alpha value is -2.95. The van der Waals surface area contributed by atoms with Gasteiger partial charge in [0.05, 0.1) is 28.8 Å². The van der Waals surface area contributed by atoms with E-state index >= 15 is 0 Å². The number of nitrogen functional groups attached to an aromatic ring is 1. The summed E-state index contributed by atoms with van der Waals surface area (Å²) in [6.07, 6.45) is -1.07. The number of anilines is 2. The number of hydrogen-bond acceptors (Lipinski definition) is 8. The van der Waals surface area contributed by atoms with E-state index in [4.69, 9.17) is 27.4 Å². The molecule has 0 spiro atoms. The SMILES string of the molecule is CC(C)(C)OC(=O)C[C@H](NC(=O)OC(C)(C)C)C(=S)Nc1cc([N+](=O)[O-])ccc1N. The van der Waals surface area contributed by atoms with E-state index in [1.54, 1.807) is 41.5 Å². The smallest absolute Gasteiger partial charge is 0.408 e. The first-order chi connectivity index (χ1) is 13.6. The molecule has 10 nitrogen and oxygen atoms in total. The molecule has 1 aromatic rings. The molecule has 0 aliphatic carbocycles. The number of nitro benzene ring substituents is 1. The number of alkyl carbamates (subject to hydrolysis) is 1. The lowest BCUT2D eigenvalue weighted by atomic mass is 10.1. The third-order valence-corrected chi connectivity index (χ3v) is 3.69. The molecule has 0 radical (unpaired) electrons. The third kappa shape index (κ3) is 9.03. The molecule has 0 saturated heterocycles. The van der Waals surface area contributed by atoms with Gasteiger partial charge in [0.15, 0.2) is 0 Å². The number of nitrogens with zero attached hydrogens (tertiary/aromatic N) is 1. The molecule has 0 unspecified atom stereocenters. The summed E-state index contributed by atoms with van der Waals surface area (Å²) < 4.78 is 10.5. The summed E-state index contributed by atoms with van der Waals surface area (Å²) >= 11 is 5.33. The van der Waals surface area contributed by atoms with Crippen LogP contribution in [-0.4, -0.2) is 39.2 Å². The number of thiocarbonyl (C=S) groups is 1. The first kappa shape index (κ1) is 25.1. The maximum atomic E-state index is 12.3.